The molecule has 0 spiro atoms. The summed E-state index contributed by atoms with van der Waals surface area (Å²) in [7, 11) is 0. The number of thioether (sulfide) groups is 1. The number of nitrogens with one attached hydrogen (secondary N) is 1. The van der Waals surface area contributed by atoms with Crippen molar-refractivity contribution in [3.63, 3.8) is 0 Å². The predicted molar refractivity (Wildman–Crippen MR) is 105 cm³/mol. The summed E-state index contributed by atoms with van der Waals surface area (Å²) < 4.78 is 0. The number of fused-ring (bicyclic) bond motifs is 1. The summed E-state index contributed by atoms with van der Waals surface area (Å²) in [6, 6.07) is 10.9. The fraction of sp³-hybridized carbons (Fsp3) is 0.211. The molecule has 28 heavy (non-hydrogen) atoms. The Kier molecular flexibility index (Phi) is 5.74. The van der Waals surface area contributed by atoms with E-state index in [1.54, 1.807) is 24.3 Å². The minimum absolute atomic E-state index is 0.167. The van der Waals surface area contributed by atoms with Gasteiger partial charge in [0.25, 0.3) is 17.5 Å². The van der Waals surface area contributed by atoms with Crippen LogP contribution in [0.3, 0.4) is 0 Å². The second-order valence-corrected chi connectivity index (χ2v) is 7.11. The quantitative estimate of drug-likeness (QED) is 0.435. The number of benzene rings is 2. The third-order valence-electron chi connectivity index (χ3n) is 4.36. The minimum Gasteiger partial charge on any atom is -0.324 e. The van der Waals surface area contributed by atoms with Crippen molar-refractivity contribution < 1.29 is 19.3 Å². The Morgan fingerprint density at radius 1 is 1.14 bits per heavy atom. The number of nitro groups is 1. The number of hydrogen-bond acceptors (Lipinski definition) is 6. The summed E-state index contributed by atoms with van der Waals surface area (Å²) in [5, 5.41) is 13.5. The van der Waals surface area contributed by atoms with Crippen LogP contribution >= 0.6 is 11.8 Å². The Labute approximate surface area is 165 Å². The van der Waals surface area contributed by atoms with E-state index < -0.39 is 28.7 Å². The van der Waals surface area contributed by atoms with Gasteiger partial charge in [0.2, 0.25) is 5.91 Å². The molecule has 0 aliphatic carbocycles. The van der Waals surface area contributed by atoms with Gasteiger partial charge in [-0.05, 0) is 36.6 Å². The molecule has 0 unspecified atom stereocenters. The van der Waals surface area contributed by atoms with Gasteiger partial charge in [-0.25, -0.2) is 0 Å². The zero-order chi connectivity index (χ0) is 20.3. The SMILES string of the molecule is CSCC[C@H](C(=O)Nc1cccc([N+](=O)[O-])c1)N1C(=O)c2ccccc2C1=O. The molecule has 1 N–H and O–H groups in total. The Balaban J connectivity index is 1.87. The number of rotatable bonds is 7. The van der Waals surface area contributed by atoms with Gasteiger partial charge < -0.3 is 5.32 Å². The molecule has 0 radical (unpaired) electrons. The maximum absolute atomic E-state index is 12.9. The lowest BCUT2D eigenvalue weighted by atomic mass is 10.1. The van der Waals surface area contributed by atoms with Gasteiger partial charge in [-0.3, -0.25) is 29.4 Å². The molecule has 0 aromatic heterocycles. The molecule has 1 aliphatic rings. The summed E-state index contributed by atoms with van der Waals surface area (Å²) in [5.74, 6) is -1.04. The van der Waals surface area contributed by atoms with Crippen molar-refractivity contribution in [3.05, 3.63) is 69.8 Å². The number of carbonyl (C=O) groups excluding carboxylic acids is 3. The zero-order valence-electron chi connectivity index (χ0n) is 15.0. The van der Waals surface area contributed by atoms with Gasteiger partial charge in [0, 0.05) is 17.8 Å². The van der Waals surface area contributed by atoms with Gasteiger partial charge in [0.05, 0.1) is 16.1 Å². The largest absolute Gasteiger partial charge is 0.324 e. The molecule has 0 bridgehead atoms. The third kappa shape index (κ3) is 3.74. The molecule has 0 saturated carbocycles. The highest BCUT2D eigenvalue weighted by molar-refractivity contribution is 7.98. The van der Waals surface area contributed by atoms with Crippen molar-refractivity contribution in [1.29, 1.82) is 0 Å². The first-order valence-corrected chi connectivity index (χ1v) is 9.84. The Bertz CT molecular complexity index is 927. The third-order valence-corrected chi connectivity index (χ3v) is 5.00. The Morgan fingerprint density at radius 3 is 2.36 bits per heavy atom. The Hall–Kier alpha value is -3.20. The van der Waals surface area contributed by atoms with Gasteiger partial charge >= 0.3 is 0 Å². The molecule has 1 aliphatic heterocycles. The molecule has 144 valence electrons. The molecule has 9 heteroatoms. The van der Waals surface area contributed by atoms with E-state index in [9.17, 15) is 24.5 Å². The summed E-state index contributed by atoms with van der Waals surface area (Å²) >= 11 is 1.49. The van der Waals surface area contributed by atoms with Crippen molar-refractivity contribution in [2.75, 3.05) is 17.3 Å². The summed E-state index contributed by atoms with van der Waals surface area (Å²) in [6.45, 7) is 0. The van der Waals surface area contributed by atoms with Crippen LogP contribution in [0, 0.1) is 10.1 Å². The zero-order valence-corrected chi connectivity index (χ0v) is 15.8. The summed E-state index contributed by atoms with van der Waals surface area (Å²) in [6.07, 6.45) is 2.13. The average Bonchev–Trinajstić information content (AvgIpc) is 2.94. The second kappa shape index (κ2) is 8.22. The molecule has 1 atom stereocenters. The summed E-state index contributed by atoms with van der Waals surface area (Å²) in [5.41, 5.74) is 0.596. The molecular weight excluding hydrogens is 382 g/mol. The predicted octanol–water partition coefficient (Wildman–Crippen LogP) is 2.95. The van der Waals surface area contributed by atoms with Crippen LogP contribution in [0.2, 0.25) is 0 Å². The lowest BCUT2D eigenvalue weighted by Crippen LogP contribution is -2.47. The molecule has 0 saturated heterocycles. The number of imide groups is 1. The van der Waals surface area contributed by atoms with Crippen LogP contribution in [0.15, 0.2) is 48.5 Å². The van der Waals surface area contributed by atoms with E-state index in [-0.39, 0.29) is 28.9 Å². The molecule has 2 aromatic rings. The topological polar surface area (TPSA) is 110 Å². The van der Waals surface area contributed by atoms with Crippen LogP contribution in [0.4, 0.5) is 11.4 Å². The number of amides is 3. The molecule has 3 amide bonds. The first-order chi connectivity index (χ1) is 13.4. The molecule has 1 heterocycles. The number of non-ortho nitro benzene ring substituents is 1. The van der Waals surface area contributed by atoms with Gasteiger partial charge in [-0.15, -0.1) is 0 Å². The molecule has 0 fully saturated rings. The van der Waals surface area contributed by atoms with E-state index >= 15 is 0 Å². The summed E-state index contributed by atoms with van der Waals surface area (Å²) in [4.78, 5) is 49.7. The highest BCUT2D eigenvalue weighted by atomic mass is 32.2. The molecular formula is C19H17N3O5S. The van der Waals surface area contributed by atoms with Crippen LogP contribution in [0.1, 0.15) is 27.1 Å². The van der Waals surface area contributed by atoms with Crippen LogP contribution in [0.25, 0.3) is 0 Å². The van der Waals surface area contributed by atoms with Crippen LogP contribution < -0.4 is 5.32 Å². The van der Waals surface area contributed by atoms with E-state index in [4.69, 9.17) is 0 Å². The maximum atomic E-state index is 12.9. The van der Waals surface area contributed by atoms with Crippen LogP contribution in [0.5, 0.6) is 0 Å². The van der Waals surface area contributed by atoms with Crippen molar-refractivity contribution in [1.82, 2.24) is 4.90 Å². The van der Waals surface area contributed by atoms with Crippen molar-refractivity contribution in [2.45, 2.75) is 12.5 Å². The van der Waals surface area contributed by atoms with Crippen molar-refractivity contribution in [2.24, 2.45) is 0 Å². The average molecular weight is 399 g/mol. The number of nitrogens with zero attached hydrogens (tertiary/aromatic N) is 2. The van der Waals surface area contributed by atoms with Gasteiger partial charge in [-0.2, -0.15) is 11.8 Å². The van der Waals surface area contributed by atoms with Gasteiger partial charge in [0.1, 0.15) is 6.04 Å². The first kappa shape index (κ1) is 19.6. The van der Waals surface area contributed by atoms with Crippen molar-refractivity contribution >= 4 is 40.9 Å². The smallest absolute Gasteiger partial charge is 0.271 e. The Morgan fingerprint density at radius 2 is 1.79 bits per heavy atom. The van der Waals surface area contributed by atoms with Crippen LogP contribution in [-0.2, 0) is 4.79 Å². The number of nitro benzene ring substituents is 1. The fourth-order valence-electron chi connectivity index (χ4n) is 3.02. The number of anilines is 1. The molecule has 2 aromatic carbocycles. The highest BCUT2D eigenvalue weighted by Gasteiger charge is 2.42. The minimum atomic E-state index is -1.01. The van der Waals surface area contributed by atoms with Gasteiger partial charge in [0.15, 0.2) is 0 Å². The number of carbonyl (C=O) groups is 3. The first-order valence-electron chi connectivity index (χ1n) is 8.45. The lowest BCUT2D eigenvalue weighted by molar-refractivity contribution is -0.384. The lowest BCUT2D eigenvalue weighted by Gasteiger charge is -2.25. The number of hydrogen-bond donors (Lipinski definition) is 1. The van der Waals surface area contributed by atoms with E-state index in [0.29, 0.717) is 5.75 Å². The fourth-order valence-corrected chi connectivity index (χ4v) is 3.48. The van der Waals surface area contributed by atoms with Crippen LogP contribution in [-0.4, -0.2) is 45.6 Å². The van der Waals surface area contributed by atoms with E-state index in [1.165, 1.54) is 36.0 Å². The van der Waals surface area contributed by atoms with Crippen molar-refractivity contribution in [3.8, 4) is 0 Å². The normalized spacial score (nSPS) is 14.0. The highest BCUT2D eigenvalue weighted by Crippen LogP contribution is 2.27. The van der Waals surface area contributed by atoms with Gasteiger partial charge in [-0.1, -0.05) is 18.2 Å². The molecule has 3 rings (SSSR count). The standard InChI is InChI=1S/C19H17N3O5S/c1-28-10-9-16(17(23)20-12-5-4-6-13(11-12)22(26)27)21-18(24)14-7-2-3-8-15(14)19(21)25/h2-8,11,16H,9-10H2,1H3,(H,20,23)/t16-/m1/s1. The second-order valence-electron chi connectivity index (χ2n) is 6.12. The van der Waals surface area contributed by atoms with E-state index in [2.05, 4.69) is 5.32 Å². The monoisotopic (exact) mass is 399 g/mol. The molecule has 8 nitrogen and oxygen atoms in total. The van der Waals surface area contributed by atoms with E-state index in [1.807, 2.05) is 6.26 Å². The maximum Gasteiger partial charge on any atom is 0.271 e. The van der Waals surface area contributed by atoms with E-state index in [0.717, 1.165) is 4.90 Å².